The largest absolute Gasteiger partial charge is 0.478 e. The minimum atomic E-state index is -1.11. The Labute approximate surface area is 166 Å². The maximum atomic E-state index is 12.4. The number of hydrogen-bond donors (Lipinski definition) is 3. The van der Waals surface area contributed by atoms with E-state index in [0.717, 1.165) is 0 Å². The molecule has 1 aliphatic rings. The summed E-state index contributed by atoms with van der Waals surface area (Å²) < 4.78 is 0. The Morgan fingerprint density at radius 1 is 0.966 bits per heavy atom. The molecule has 0 aliphatic carbocycles. The lowest BCUT2D eigenvalue weighted by Crippen LogP contribution is -2.31. The van der Waals surface area contributed by atoms with Crippen LogP contribution in [0.1, 0.15) is 61.8 Å². The summed E-state index contributed by atoms with van der Waals surface area (Å²) in [5, 5.41) is 18.2. The van der Waals surface area contributed by atoms with E-state index in [-0.39, 0.29) is 23.9 Å². The van der Waals surface area contributed by atoms with Crippen LogP contribution in [0.25, 0.3) is 0 Å². The van der Waals surface area contributed by atoms with Gasteiger partial charge in [-0.1, -0.05) is 30.7 Å². The predicted octanol–water partition coefficient (Wildman–Crippen LogP) is 2.44. The van der Waals surface area contributed by atoms with Gasteiger partial charge in [0.1, 0.15) is 0 Å². The van der Waals surface area contributed by atoms with E-state index in [1.54, 1.807) is 35.8 Å². The van der Waals surface area contributed by atoms with E-state index < -0.39 is 17.8 Å². The molecule has 0 spiro atoms. The average molecular weight is 396 g/mol. The van der Waals surface area contributed by atoms with Crippen LogP contribution in [0.4, 0.5) is 0 Å². The highest BCUT2D eigenvalue weighted by molar-refractivity contribution is 6.21. The smallest absolute Gasteiger partial charge is 0.335 e. The highest BCUT2D eigenvalue weighted by Gasteiger charge is 2.34. The molecule has 0 radical (unpaired) electrons. The van der Waals surface area contributed by atoms with E-state index in [0.29, 0.717) is 36.0 Å². The van der Waals surface area contributed by atoms with Crippen LogP contribution in [0.5, 0.6) is 0 Å². The van der Waals surface area contributed by atoms with Gasteiger partial charge >= 0.3 is 5.97 Å². The molecule has 2 aromatic carbocycles. The number of carbonyl (C=O) groups is 4. The quantitative estimate of drug-likeness (QED) is 0.272. The van der Waals surface area contributed by atoms with Crippen LogP contribution in [0.15, 0.2) is 48.5 Å². The molecule has 0 saturated carbocycles. The van der Waals surface area contributed by atoms with E-state index in [1.165, 1.54) is 23.1 Å². The Kier molecular flexibility index (Phi) is 6.04. The number of carbonyl (C=O) groups excluding carboxylic acids is 3. The summed E-state index contributed by atoms with van der Waals surface area (Å²) >= 11 is 0. The van der Waals surface area contributed by atoms with Crippen LogP contribution < -0.4 is 5.48 Å². The molecule has 1 heterocycles. The minimum Gasteiger partial charge on any atom is -0.478 e. The van der Waals surface area contributed by atoms with Crippen molar-refractivity contribution in [3.63, 3.8) is 0 Å². The first-order chi connectivity index (χ1) is 13.9. The fourth-order valence-electron chi connectivity index (χ4n) is 3.48. The monoisotopic (exact) mass is 396 g/mol. The number of fused-ring (bicyclic) bond motifs is 1. The van der Waals surface area contributed by atoms with Gasteiger partial charge in [0.25, 0.3) is 17.7 Å². The maximum Gasteiger partial charge on any atom is 0.335 e. The van der Waals surface area contributed by atoms with Gasteiger partial charge in [-0.05, 0) is 42.7 Å². The van der Waals surface area contributed by atoms with Crippen LogP contribution in [-0.2, 0) is 4.79 Å². The van der Waals surface area contributed by atoms with Gasteiger partial charge in [-0.15, -0.1) is 0 Å². The number of carboxylic acid groups (broad SMARTS) is 1. The summed E-state index contributed by atoms with van der Waals surface area (Å²) in [6, 6.07) is 12.6. The van der Waals surface area contributed by atoms with Crippen molar-refractivity contribution < 1.29 is 29.5 Å². The fourth-order valence-corrected chi connectivity index (χ4v) is 3.48. The molecular weight excluding hydrogens is 376 g/mol. The number of imide groups is 1. The molecule has 0 saturated heterocycles. The van der Waals surface area contributed by atoms with Gasteiger partial charge in [-0.2, -0.15) is 0 Å². The fraction of sp³-hybridized carbons (Fsp3) is 0.238. The van der Waals surface area contributed by atoms with Crippen molar-refractivity contribution in [3.8, 4) is 0 Å². The van der Waals surface area contributed by atoms with Gasteiger partial charge in [-0.25, -0.2) is 10.3 Å². The lowest BCUT2D eigenvalue weighted by Gasteiger charge is -2.17. The normalized spacial score (nSPS) is 13.9. The Hall–Kier alpha value is -3.52. The van der Waals surface area contributed by atoms with Crippen molar-refractivity contribution in [1.82, 2.24) is 10.4 Å². The van der Waals surface area contributed by atoms with Crippen molar-refractivity contribution in [2.24, 2.45) is 0 Å². The molecule has 8 nitrogen and oxygen atoms in total. The molecule has 0 fully saturated rings. The average Bonchev–Trinajstić information content (AvgIpc) is 2.98. The van der Waals surface area contributed by atoms with Crippen LogP contribution in [0.3, 0.4) is 0 Å². The summed E-state index contributed by atoms with van der Waals surface area (Å²) in [5.74, 6) is -3.16. The zero-order valence-corrected chi connectivity index (χ0v) is 15.5. The van der Waals surface area contributed by atoms with Crippen molar-refractivity contribution in [2.75, 3.05) is 6.54 Å². The van der Waals surface area contributed by atoms with Gasteiger partial charge in [0.15, 0.2) is 0 Å². The number of benzene rings is 2. The lowest BCUT2D eigenvalue weighted by molar-refractivity contribution is -0.131. The van der Waals surface area contributed by atoms with Gasteiger partial charge < -0.3 is 5.11 Å². The van der Waals surface area contributed by atoms with Crippen molar-refractivity contribution >= 4 is 23.7 Å². The number of carboxylic acids is 1. The zero-order chi connectivity index (χ0) is 21.0. The first kappa shape index (κ1) is 20.2. The van der Waals surface area contributed by atoms with Crippen LogP contribution in [-0.4, -0.2) is 45.4 Å². The third kappa shape index (κ3) is 4.17. The van der Waals surface area contributed by atoms with Gasteiger partial charge in [0.05, 0.1) is 22.6 Å². The second-order valence-electron chi connectivity index (χ2n) is 6.76. The Morgan fingerprint density at radius 2 is 1.62 bits per heavy atom. The number of aromatic carboxylic acids is 1. The van der Waals surface area contributed by atoms with E-state index in [1.807, 2.05) is 0 Å². The summed E-state index contributed by atoms with van der Waals surface area (Å²) in [7, 11) is 0. The van der Waals surface area contributed by atoms with Crippen molar-refractivity contribution in [1.29, 1.82) is 0 Å². The van der Waals surface area contributed by atoms with Gasteiger partial charge in [-0.3, -0.25) is 24.5 Å². The third-order valence-electron chi connectivity index (χ3n) is 4.97. The van der Waals surface area contributed by atoms with Crippen LogP contribution in [0, 0.1) is 0 Å². The molecule has 8 heteroatoms. The highest BCUT2D eigenvalue weighted by Crippen LogP contribution is 2.26. The number of hydrogen-bond acceptors (Lipinski definition) is 5. The van der Waals surface area contributed by atoms with Crippen molar-refractivity contribution in [3.05, 3.63) is 70.8 Å². The Bertz CT molecular complexity index is 936. The van der Waals surface area contributed by atoms with Gasteiger partial charge in [0, 0.05) is 6.54 Å². The summed E-state index contributed by atoms with van der Waals surface area (Å²) in [4.78, 5) is 49.1. The number of nitrogens with one attached hydrogen (secondary N) is 1. The molecule has 29 heavy (non-hydrogen) atoms. The van der Waals surface area contributed by atoms with Crippen molar-refractivity contribution in [2.45, 2.75) is 25.2 Å². The molecule has 1 aliphatic heterocycles. The third-order valence-corrected chi connectivity index (χ3v) is 4.97. The topological polar surface area (TPSA) is 124 Å². The second kappa shape index (κ2) is 8.66. The van der Waals surface area contributed by atoms with Gasteiger partial charge in [0.2, 0.25) is 0 Å². The van der Waals surface area contributed by atoms with E-state index in [4.69, 9.17) is 10.3 Å². The molecule has 0 aromatic heterocycles. The molecule has 150 valence electrons. The molecule has 0 bridgehead atoms. The predicted molar refractivity (Wildman–Crippen MR) is 102 cm³/mol. The number of nitrogens with zero attached hydrogens (tertiary/aromatic N) is 1. The summed E-state index contributed by atoms with van der Waals surface area (Å²) in [6.07, 6.45) is 1.28. The first-order valence-corrected chi connectivity index (χ1v) is 9.16. The molecule has 2 aromatic rings. The maximum absolute atomic E-state index is 12.4. The number of unbranched alkanes of at least 4 members (excludes halogenated alkanes) is 1. The van der Waals surface area contributed by atoms with E-state index in [2.05, 4.69) is 0 Å². The number of amides is 3. The highest BCUT2D eigenvalue weighted by atomic mass is 16.5. The number of rotatable bonds is 8. The van der Waals surface area contributed by atoms with E-state index in [9.17, 15) is 19.2 Å². The standard InChI is InChI=1S/C21H20N2O6/c24-18(22-29)15(13-6-5-7-14(12-13)21(27)28)8-3-4-11-23-19(25)16-9-1-2-10-17(16)20(23)26/h1-2,5-7,9-10,12,15,29H,3-4,8,11H2,(H,22,24)(H,27,28). The molecule has 1 atom stereocenters. The van der Waals surface area contributed by atoms with Crippen LogP contribution in [0.2, 0.25) is 0 Å². The SMILES string of the molecule is O=C(O)c1cccc(C(CCCCN2C(=O)c3ccccc3C2=O)C(=O)NO)c1. The molecule has 3 N–H and O–H groups in total. The summed E-state index contributed by atoms with van der Waals surface area (Å²) in [6.45, 7) is 0.217. The van der Waals surface area contributed by atoms with Crippen LogP contribution >= 0.6 is 0 Å². The Morgan fingerprint density at radius 3 is 2.21 bits per heavy atom. The molecule has 1 unspecified atom stereocenters. The van der Waals surface area contributed by atoms with E-state index >= 15 is 0 Å². The summed E-state index contributed by atoms with van der Waals surface area (Å²) in [5.41, 5.74) is 2.91. The first-order valence-electron chi connectivity index (χ1n) is 9.16. The number of hydroxylamine groups is 1. The molecule has 3 amide bonds. The minimum absolute atomic E-state index is 0.0456. The zero-order valence-electron chi connectivity index (χ0n) is 15.5. The Balaban J connectivity index is 1.62. The lowest BCUT2D eigenvalue weighted by atomic mass is 9.91. The molecule has 3 rings (SSSR count). The second-order valence-corrected chi connectivity index (χ2v) is 6.76. The molecular formula is C21H20N2O6.